The molecule has 1 aromatic rings. The van der Waals surface area contributed by atoms with Crippen molar-refractivity contribution in [3.05, 3.63) is 33.8 Å². The van der Waals surface area contributed by atoms with Crippen molar-refractivity contribution in [1.29, 1.82) is 0 Å². The van der Waals surface area contributed by atoms with E-state index in [0.29, 0.717) is 40.3 Å². The number of halogens is 4. The lowest BCUT2D eigenvalue weighted by atomic mass is 10.2. The number of nitrogens with zero attached hydrogens (tertiary/aromatic N) is 1. The summed E-state index contributed by atoms with van der Waals surface area (Å²) in [5.41, 5.74) is 0.890. The summed E-state index contributed by atoms with van der Waals surface area (Å²) >= 11 is 9.50. The summed E-state index contributed by atoms with van der Waals surface area (Å²) in [6.07, 6.45) is 1.58. The summed E-state index contributed by atoms with van der Waals surface area (Å²) in [5.74, 6) is 0.884. The predicted octanol–water partition coefficient (Wildman–Crippen LogP) is 6.22. The maximum absolute atomic E-state index is 12.0. The Balaban J connectivity index is 2.36. The fraction of sp³-hybridized carbons (Fsp3) is 0.471. The molecular formula is C17H21BrClF2NO3. The molecule has 0 aliphatic heterocycles. The minimum Gasteiger partial charge on any atom is -0.491 e. The van der Waals surface area contributed by atoms with Gasteiger partial charge >= 0.3 is 0 Å². The molecule has 25 heavy (non-hydrogen) atoms. The van der Waals surface area contributed by atoms with Crippen molar-refractivity contribution < 1.29 is 23.1 Å². The van der Waals surface area contributed by atoms with E-state index in [4.69, 9.17) is 25.9 Å². The Morgan fingerprint density at radius 3 is 2.52 bits per heavy atom. The van der Waals surface area contributed by atoms with E-state index in [1.54, 1.807) is 6.07 Å². The number of ether oxygens (including phenoxy) is 2. The molecule has 0 atom stereocenters. The Morgan fingerprint density at radius 1 is 1.16 bits per heavy atom. The van der Waals surface area contributed by atoms with Crippen LogP contribution in [0.1, 0.15) is 33.1 Å². The number of oxime groups is 1. The maximum Gasteiger partial charge on any atom is 0.269 e. The van der Waals surface area contributed by atoms with E-state index in [1.165, 1.54) is 6.07 Å². The van der Waals surface area contributed by atoms with Crippen molar-refractivity contribution in [3.8, 4) is 11.5 Å². The van der Waals surface area contributed by atoms with Gasteiger partial charge in [0.2, 0.25) is 0 Å². The molecule has 1 aromatic carbocycles. The lowest BCUT2D eigenvalue weighted by Gasteiger charge is -2.12. The van der Waals surface area contributed by atoms with E-state index in [2.05, 4.69) is 21.1 Å². The van der Waals surface area contributed by atoms with Gasteiger partial charge in [0.15, 0.2) is 5.75 Å². The Bertz CT molecular complexity index is 581. The topological polar surface area (TPSA) is 40.0 Å². The monoisotopic (exact) mass is 439 g/mol. The average Bonchev–Trinajstić information content (AvgIpc) is 2.51. The number of hydrogen-bond donors (Lipinski definition) is 0. The smallest absolute Gasteiger partial charge is 0.269 e. The molecule has 0 heterocycles. The molecule has 4 nitrogen and oxygen atoms in total. The largest absolute Gasteiger partial charge is 0.491 e. The van der Waals surface area contributed by atoms with E-state index < -0.39 is 6.08 Å². The molecule has 0 aliphatic carbocycles. The van der Waals surface area contributed by atoms with Gasteiger partial charge in [-0.25, -0.2) is 0 Å². The average molecular weight is 441 g/mol. The van der Waals surface area contributed by atoms with E-state index in [-0.39, 0.29) is 6.61 Å². The van der Waals surface area contributed by atoms with Crippen LogP contribution < -0.4 is 9.47 Å². The third-order valence-corrected chi connectivity index (χ3v) is 3.70. The van der Waals surface area contributed by atoms with Crippen molar-refractivity contribution in [3.63, 3.8) is 0 Å². The van der Waals surface area contributed by atoms with Crippen LogP contribution >= 0.6 is 27.5 Å². The quantitative estimate of drug-likeness (QED) is 0.233. The van der Waals surface area contributed by atoms with Crippen LogP contribution in [0.3, 0.4) is 0 Å². The fourth-order valence-corrected chi connectivity index (χ4v) is 2.68. The summed E-state index contributed by atoms with van der Waals surface area (Å²) in [7, 11) is 0. The summed E-state index contributed by atoms with van der Waals surface area (Å²) in [6, 6.07) is 3.16. The Kier molecular flexibility index (Phi) is 10.5. The molecule has 0 aliphatic rings. The van der Waals surface area contributed by atoms with Gasteiger partial charge in [0.05, 0.1) is 21.8 Å². The fourth-order valence-electron chi connectivity index (χ4n) is 1.75. The number of benzene rings is 1. The van der Waals surface area contributed by atoms with E-state index in [9.17, 15) is 8.78 Å². The molecule has 140 valence electrons. The highest BCUT2D eigenvalue weighted by Crippen LogP contribution is 2.37. The molecule has 0 saturated heterocycles. The van der Waals surface area contributed by atoms with Crippen molar-refractivity contribution in [2.75, 3.05) is 19.8 Å². The first-order chi connectivity index (χ1) is 11.9. The highest BCUT2D eigenvalue weighted by atomic mass is 79.9. The standard InChI is InChI=1S/C17H21BrClF2NO3/c1-12(2)22-25-8-5-3-4-7-24-17-14(18)10-13(11-15(17)19)23-9-6-16(20)21/h6,10-11H,3-5,7-9H2,1-2H3. The van der Waals surface area contributed by atoms with Gasteiger partial charge in [0, 0.05) is 12.1 Å². The first-order valence-electron chi connectivity index (χ1n) is 7.79. The van der Waals surface area contributed by atoms with E-state index in [1.807, 2.05) is 13.8 Å². The van der Waals surface area contributed by atoms with Crippen LogP contribution in [0.15, 0.2) is 33.9 Å². The molecule has 0 bridgehead atoms. The summed E-state index contributed by atoms with van der Waals surface area (Å²) < 4.78 is 35.4. The molecule has 0 fully saturated rings. The highest BCUT2D eigenvalue weighted by molar-refractivity contribution is 9.10. The lowest BCUT2D eigenvalue weighted by Crippen LogP contribution is -2.01. The molecular weight excluding hydrogens is 420 g/mol. The number of unbranched alkanes of at least 4 members (excludes halogenated alkanes) is 2. The van der Waals surface area contributed by atoms with Gasteiger partial charge in [-0.3, -0.25) is 0 Å². The third-order valence-electron chi connectivity index (χ3n) is 2.83. The number of rotatable bonds is 11. The van der Waals surface area contributed by atoms with Crippen LogP contribution in [-0.2, 0) is 4.84 Å². The minimum atomic E-state index is -1.79. The summed E-state index contributed by atoms with van der Waals surface area (Å²) in [6.45, 7) is 4.61. The van der Waals surface area contributed by atoms with Gasteiger partial charge in [-0.2, -0.15) is 8.78 Å². The van der Waals surface area contributed by atoms with Crippen LogP contribution in [0.5, 0.6) is 11.5 Å². The first kappa shape index (κ1) is 21.7. The first-order valence-corrected chi connectivity index (χ1v) is 8.96. The zero-order valence-electron chi connectivity index (χ0n) is 14.2. The maximum atomic E-state index is 12.0. The van der Waals surface area contributed by atoms with Gasteiger partial charge in [0.25, 0.3) is 6.08 Å². The SMILES string of the molecule is CC(C)=NOCCCCCOc1c(Cl)cc(OCC=C(F)F)cc1Br. The van der Waals surface area contributed by atoms with Gasteiger partial charge < -0.3 is 14.3 Å². The van der Waals surface area contributed by atoms with Crippen LogP contribution in [0.25, 0.3) is 0 Å². The van der Waals surface area contributed by atoms with Crippen molar-refractivity contribution in [2.24, 2.45) is 5.16 Å². The Morgan fingerprint density at radius 2 is 1.88 bits per heavy atom. The van der Waals surface area contributed by atoms with E-state index >= 15 is 0 Å². The van der Waals surface area contributed by atoms with Crippen molar-refractivity contribution in [2.45, 2.75) is 33.1 Å². The van der Waals surface area contributed by atoms with E-state index in [0.717, 1.165) is 25.0 Å². The molecule has 0 N–H and O–H groups in total. The molecule has 8 heteroatoms. The highest BCUT2D eigenvalue weighted by Gasteiger charge is 2.10. The van der Waals surface area contributed by atoms with Gasteiger partial charge in [-0.05, 0) is 55.1 Å². The molecule has 0 amide bonds. The Labute approximate surface area is 159 Å². The number of hydrogen-bond acceptors (Lipinski definition) is 4. The zero-order chi connectivity index (χ0) is 18.7. The third kappa shape index (κ3) is 9.65. The Hall–Kier alpha value is -1.34. The normalized spacial score (nSPS) is 10.2. The van der Waals surface area contributed by atoms with Crippen molar-refractivity contribution in [1.82, 2.24) is 0 Å². The second-order valence-corrected chi connectivity index (χ2v) is 6.56. The van der Waals surface area contributed by atoms with Crippen LogP contribution in [0.2, 0.25) is 5.02 Å². The molecule has 0 unspecified atom stereocenters. The van der Waals surface area contributed by atoms with Gasteiger partial charge in [0.1, 0.15) is 19.0 Å². The lowest BCUT2D eigenvalue weighted by molar-refractivity contribution is 0.138. The van der Waals surface area contributed by atoms with Crippen LogP contribution in [0.4, 0.5) is 8.78 Å². The molecule has 0 spiro atoms. The second-order valence-electron chi connectivity index (χ2n) is 5.30. The molecule has 1 rings (SSSR count). The minimum absolute atomic E-state index is 0.227. The van der Waals surface area contributed by atoms with Gasteiger partial charge in [-0.15, -0.1) is 0 Å². The summed E-state index contributed by atoms with van der Waals surface area (Å²) in [5, 5.41) is 4.21. The molecule has 0 saturated carbocycles. The van der Waals surface area contributed by atoms with Crippen LogP contribution in [0, 0.1) is 0 Å². The zero-order valence-corrected chi connectivity index (χ0v) is 16.5. The van der Waals surface area contributed by atoms with Crippen LogP contribution in [-0.4, -0.2) is 25.5 Å². The van der Waals surface area contributed by atoms with Crippen molar-refractivity contribution >= 4 is 33.2 Å². The molecule has 0 aromatic heterocycles. The molecule has 0 radical (unpaired) electrons. The summed E-state index contributed by atoms with van der Waals surface area (Å²) in [4.78, 5) is 5.11. The predicted molar refractivity (Wildman–Crippen MR) is 99.0 cm³/mol. The second kappa shape index (κ2) is 12.1. The van der Waals surface area contributed by atoms with Gasteiger partial charge in [-0.1, -0.05) is 16.8 Å².